The van der Waals surface area contributed by atoms with Gasteiger partial charge in [-0.25, -0.2) is 4.79 Å². The molecule has 3 atom stereocenters. The number of amides is 3. The molecule has 0 radical (unpaired) electrons. The van der Waals surface area contributed by atoms with Crippen molar-refractivity contribution in [1.29, 1.82) is 0 Å². The van der Waals surface area contributed by atoms with Crippen LogP contribution in [-0.2, 0) is 11.3 Å². The molecule has 2 aliphatic rings. The number of rotatable bonds is 5. The number of carbonyl (C=O) groups excluding carboxylic acids is 2. The molecule has 3 amide bonds. The lowest BCUT2D eigenvalue weighted by Crippen LogP contribution is -2.39. The summed E-state index contributed by atoms with van der Waals surface area (Å²) in [6.45, 7) is 2.54. The Hall–Kier alpha value is -1.79. The van der Waals surface area contributed by atoms with E-state index < -0.39 is 0 Å². The lowest BCUT2D eigenvalue weighted by Gasteiger charge is -2.20. The molecule has 1 aromatic carbocycles. The maximum absolute atomic E-state index is 12.3. The van der Waals surface area contributed by atoms with Crippen LogP contribution in [0.15, 0.2) is 30.3 Å². The molecule has 26 heavy (non-hydrogen) atoms. The molecule has 1 saturated carbocycles. The summed E-state index contributed by atoms with van der Waals surface area (Å²) in [4.78, 5) is 28.0. The van der Waals surface area contributed by atoms with Gasteiger partial charge in [-0.1, -0.05) is 30.3 Å². The van der Waals surface area contributed by atoms with E-state index in [9.17, 15) is 9.59 Å². The first-order valence-corrected chi connectivity index (χ1v) is 9.11. The average Bonchev–Trinajstić information content (AvgIpc) is 3.18. The van der Waals surface area contributed by atoms with E-state index >= 15 is 0 Å². The fourth-order valence-electron chi connectivity index (χ4n) is 4.01. The van der Waals surface area contributed by atoms with Crippen molar-refractivity contribution < 1.29 is 9.59 Å². The minimum atomic E-state index is -0.156. The smallest absolute Gasteiger partial charge is 0.317 e. The lowest BCUT2D eigenvalue weighted by atomic mass is 9.98. The van der Waals surface area contributed by atoms with Crippen LogP contribution in [0.25, 0.3) is 0 Å². The Kier molecular flexibility index (Phi) is 7.29. The van der Waals surface area contributed by atoms with E-state index in [0.29, 0.717) is 31.3 Å². The Labute approximate surface area is 161 Å². The number of nitrogens with zero attached hydrogens (tertiary/aromatic N) is 2. The summed E-state index contributed by atoms with van der Waals surface area (Å²) in [5.41, 5.74) is 7.20. The van der Waals surface area contributed by atoms with E-state index in [1.165, 1.54) is 0 Å². The fourth-order valence-corrected chi connectivity index (χ4v) is 4.01. The molecule has 1 aromatic rings. The maximum atomic E-state index is 12.3. The highest BCUT2D eigenvalue weighted by atomic mass is 35.5. The van der Waals surface area contributed by atoms with E-state index in [4.69, 9.17) is 5.73 Å². The van der Waals surface area contributed by atoms with Crippen molar-refractivity contribution >= 4 is 24.3 Å². The molecule has 3 unspecified atom stereocenters. The molecule has 7 heteroatoms. The first kappa shape index (κ1) is 20.5. The number of benzene rings is 1. The summed E-state index contributed by atoms with van der Waals surface area (Å²) >= 11 is 0. The topological polar surface area (TPSA) is 78.7 Å². The largest absolute Gasteiger partial charge is 0.342 e. The molecule has 1 heterocycles. The highest BCUT2D eigenvalue weighted by Gasteiger charge is 2.42. The zero-order valence-corrected chi connectivity index (χ0v) is 16.1. The zero-order valence-electron chi connectivity index (χ0n) is 15.3. The minimum absolute atomic E-state index is 0. The van der Waals surface area contributed by atoms with Crippen LogP contribution >= 0.6 is 12.4 Å². The van der Waals surface area contributed by atoms with Crippen LogP contribution in [-0.4, -0.2) is 54.5 Å². The van der Waals surface area contributed by atoms with Crippen molar-refractivity contribution in [1.82, 2.24) is 15.1 Å². The molecule has 144 valence electrons. The van der Waals surface area contributed by atoms with Gasteiger partial charge in [0, 0.05) is 45.7 Å². The van der Waals surface area contributed by atoms with Gasteiger partial charge in [-0.3, -0.25) is 4.79 Å². The number of fused-ring (bicyclic) bond motifs is 1. The summed E-state index contributed by atoms with van der Waals surface area (Å²) in [6.07, 6.45) is 2.57. The van der Waals surface area contributed by atoms with Crippen molar-refractivity contribution in [2.24, 2.45) is 17.6 Å². The Morgan fingerprint density at radius 1 is 1.23 bits per heavy atom. The number of carbonyl (C=O) groups is 2. The highest BCUT2D eigenvalue weighted by Crippen LogP contribution is 2.37. The van der Waals surface area contributed by atoms with Gasteiger partial charge in [0.05, 0.1) is 0 Å². The van der Waals surface area contributed by atoms with Crippen LogP contribution in [0.1, 0.15) is 24.8 Å². The van der Waals surface area contributed by atoms with Crippen LogP contribution in [0.3, 0.4) is 0 Å². The minimum Gasteiger partial charge on any atom is -0.342 e. The number of urea groups is 1. The molecular formula is C19H29ClN4O2. The SMILES string of the molecule is CN(Cc1ccccc1)C(=O)NCCC(=O)N1CC2CCC(N)C2C1.Cl. The summed E-state index contributed by atoms with van der Waals surface area (Å²) < 4.78 is 0. The van der Waals surface area contributed by atoms with Gasteiger partial charge >= 0.3 is 6.03 Å². The van der Waals surface area contributed by atoms with E-state index in [2.05, 4.69) is 5.32 Å². The summed E-state index contributed by atoms with van der Waals surface area (Å²) in [5.74, 6) is 1.16. The van der Waals surface area contributed by atoms with Gasteiger partial charge in [0.25, 0.3) is 0 Å². The van der Waals surface area contributed by atoms with Crippen LogP contribution in [0.4, 0.5) is 4.79 Å². The summed E-state index contributed by atoms with van der Waals surface area (Å²) in [5, 5.41) is 2.83. The van der Waals surface area contributed by atoms with E-state index in [-0.39, 0.29) is 30.4 Å². The molecule has 1 aliphatic heterocycles. The van der Waals surface area contributed by atoms with Gasteiger partial charge in [0.15, 0.2) is 0 Å². The Morgan fingerprint density at radius 3 is 2.65 bits per heavy atom. The molecular weight excluding hydrogens is 352 g/mol. The maximum Gasteiger partial charge on any atom is 0.317 e. The standard InChI is InChI=1S/C19H28N4O2.ClH/c1-22(11-14-5-3-2-4-6-14)19(25)21-10-9-18(24)23-12-15-7-8-17(20)16(15)13-23;/h2-6,15-17H,7-13,20H2,1H3,(H,21,25);1H. The quantitative estimate of drug-likeness (QED) is 0.818. The number of likely N-dealkylation sites (tertiary alicyclic amines) is 1. The van der Waals surface area contributed by atoms with E-state index in [0.717, 1.165) is 31.5 Å². The second-order valence-corrected chi connectivity index (χ2v) is 7.29. The van der Waals surface area contributed by atoms with Crippen LogP contribution in [0, 0.1) is 11.8 Å². The number of hydrogen-bond acceptors (Lipinski definition) is 3. The first-order chi connectivity index (χ1) is 12.0. The molecule has 3 N–H and O–H groups in total. The molecule has 1 aliphatic carbocycles. The third-order valence-corrected chi connectivity index (χ3v) is 5.49. The van der Waals surface area contributed by atoms with Gasteiger partial charge in [-0.05, 0) is 30.2 Å². The van der Waals surface area contributed by atoms with Crippen molar-refractivity contribution in [3.8, 4) is 0 Å². The third-order valence-electron chi connectivity index (χ3n) is 5.49. The van der Waals surface area contributed by atoms with E-state index in [1.807, 2.05) is 35.2 Å². The Bertz CT molecular complexity index is 613. The zero-order chi connectivity index (χ0) is 17.8. The van der Waals surface area contributed by atoms with Gasteiger partial charge in [0.2, 0.25) is 5.91 Å². The van der Waals surface area contributed by atoms with Crippen LogP contribution < -0.4 is 11.1 Å². The van der Waals surface area contributed by atoms with Crippen molar-refractivity contribution in [3.63, 3.8) is 0 Å². The Balaban J connectivity index is 0.00000243. The van der Waals surface area contributed by atoms with Crippen molar-refractivity contribution in [2.75, 3.05) is 26.7 Å². The summed E-state index contributed by atoms with van der Waals surface area (Å²) in [7, 11) is 1.76. The molecule has 6 nitrogen and oxygen atoms in total. The molecule has 2 fully saturated rings. The number of nitrogens with one attached hydrogen (secondary N) is 1. The second-order valence-electron chi connectivity index (χ2n) is 7.29. The predicted molar refractivity (Wildman–Crippen MR) is 104 cm³/mol. The predicted octanol–water partition coefficient (Wildman–Crippen LogP) is 1.84. The second kappa shape index (κ2) is 9.24. The van der Waals surface area contributed by atoms with Gasteiger partial charge in [0.1, 0.15) is 0 Å². The highest BCUT2D eigenvalue weighted by molar-refractivity contribution is 5.85. The van der Waals surface area contributed by atoms with Gasteiger partial charge < -0.3 is 20.9 Å². The number of halogens is 1. The normalized spacial score (nSPS) is 23.9. The lowest BCUT2D eigenvalue weighted by molar-refractivity contribution is -0.130. The molecule has 0 bridgehead atoms. The number of hydrogen-bond donors (Lipinski definition) is 2. The first-order valence-electron chi connectivity index (χ1n) is 9.11. The molecule has 3 rings (SSSR count). The van der Waals surface area contributed by atoms with Gasteiger partial charge in [-0.2, -0.15) is 0 Å². The fraction of sp³-hybridized carbons (Fsp3) is 0.579. The number of nitrogens with two attached hydrogens (primary N) is 1. The van der Waals surface area contributed by atoms with Crippen LogP contribution in [0.5, 0.6) is 0 Å². The molecule has 0 aromatic heterocycles. The molecule has 0 spiro atoms. The summed E-state index contributed by atoms with van der Waals surface area (Å²) in [6, 6.07) is 9.93. The van der Waals surface area contributed by atoms with Gasteiger partial charge in [-0.15, -0.1) is 12.4 Å². The van der Waals surface area contributed by atoms with E-state index in [1.54, 1.807) is 11.9 Å². The third kappa shape index (κ3) is 4.89. The molecule has 1 saturated heterocycles. The average molecular weight is 381 g/mol. The Morgan fingerprint density at radius 2 is 1.96 bits per heavy atom. The van der Waals surface area contributed by atoms with Crippen molar-refractivity contribution in [3.05, 3.63) is 35.9 Å². The van der Waals surface area contributed by atoms with Crippen LogP contribution in [0.2, 0.25) is 0 Å². The van der Waals surface area contributed by atoms with Crippen molar-refractivity contribution in [2.45, 2.75) is 31.8 Å². The monoisotopic (exact) mass is 380 g/mol.